The van der Waals surface area contributed by atoms with Crippen LogP contribution in [0.1, 0.15) is 32.0 Å². The molecule has 2 heterocycles. The molecule has 1 aromatic rings. The lowest BCUT2D eigenvalue weighted by Crippen LogP contribution is -2.30. The first-order valence-corrected chi connectivity index (χ1v) is 5.96. The number of pyridine rings is 1. The Labute approximate surface area is 111 Å². The van der Waals surface area contributed by atoms with Gasteiger partial charge in [-0.3, -0.25) is 9.69 Å². The van der Waals surface area contributed by atoms with Gasteiger partial charge in [0, 0.05) is 24.2 Å². The standard InChI is InChI=1S/C14H16N2O3/c1-14(2,3)19-13(18)16-8-6-10-4-5-12(17)15-11(10)7-9-16/h4-9H,1-3H3,(H,15,17). The van der Waals surface area contributed by atoms with Gasteiger partial charge in [-0.2, -0.15) is 0 Å². The predicted molar refractivity (Wildman–Crippen MR) is 73.2 cm³/mol. The van der Waals surface area contributed by atoms with E-state index in [2.05, 4.69) is 4.98 Å². The molecule has 0 aromatic carbocycles. The summed E-state index contributed by atoms with van der Waals surface area (Å²) in [5, 5.41) is 0. The molecule has 0 saturated carbocycles. The van der Waals surface area contributed by atoms with Gasteiger partial charge < -0.3 is 9.72 Å². The molecule has 0 atom stereocenters. The number of carbonyl (C=O) groups excluding carboxylic acids is 1. The molecule has 100 valence electrons. The SMILES string of the molecule is CC(C)(C)OC(=O)N1C=Cc2ccc(=O)[nH]c2C=C1. The number of rotatable bonds is 0. The number of hydrogen-bond donors (Lipinski definition) is 1. The zero-order valence-corrected chi connectivity index (χ0v) is 11.1. The number of nitrogens with zero attached hydrogens (tertiary/aromatic N) is 1. The number of hydrogen-bond acceptors (Lipinski definition) is 3. The number of ether oxygens (including phenoxy) is 1. The number of H-pyrrole nitrogens is 1. The van der Waals surface area contributed by atoms with Gasteiger partial charge in [0.1, 0.15) is 5.60 Å². The fraction of sp³-hybridized carbons (Fsp3) is 0.286. The fourth-order valence-corrected chi connectivity index (χ4v) is 1.59. The van der Waals surface area contributed by atoms with Crippen molar-refractivity contribution in [2.75, 3.05) is 0 Å². The van der Waals surface area contributed by atoms with Crippen LogP contribution in [0.5, 0.6) is 0 Å². The van der Waals surface area contributed by atoms with E-state index in [9.17, 15) is 9.59 Å². The molecule has 0 saturated heterocycles. The number of nitrogens with one attached hydrogen (secondary N) is 1. The Bertz CT molecular complexity index is 606. The molecule has 2 rings (SSSR count). The average molecular weight is 260 g/mol. The molecule has 0 bridgehead atoms. The average Bonchev–Trinajstić information content (AvgIpc) is 2.48. The molecule has 1 amide bonds. The smallest absolute Gasteiger partial charge is 0.418 e. The summed E-state index contributed by atoms with van der Waals surface area (Å²) in [5.41, 5.74) is 0.769. The van der Waals surface area contributed by atoms with Gasteiger partial charge >= 0.3 is 6.09 Å². The maximum atomic E-state index is 11.9. The van der Waals surface area contributed by atoms with E-state index in [4.69, 9.17) is 4.74 Å². The van der Waals surface area contributed by atoms with Crippen molar-refractivity contribution in [1.29, 1.82) is 0 Å². The predicted octanol–water partition coefficient (Wildman–Crippen LogP) is 2.57. The van der Waals surface area contributed by atoms with E-state index in [1.807, 2.05) is 20.8 Å². The van der Waals surface area contributed by atoms with E-state index in [0.717, 1.165) is 5.56 Å². The lowest BCUT2D eigenvalue weighted by Gasteiger charge is -2.22. The topological polar surface area (TPSA) is 62.4 Å². The summed E-state index contributed by atoms with van der Waals surface area (Å²) in [6.45, 7) is 5.42. The van der Waals surface area contributed by atoms with Gasteiger partial charge in [-0.15, -0.1) is 0 Å². The van der Waals surface area contributed by atoms with Crippen LogP contribution in [0, 0.1) is 0 Å². The molecule has 5 heteroatoms. The number of fused-ring (bicyclic) bond motifs is 1. The zero-order valence-electron chi connectivity index (χ0n) is 11.1. The Kier molecular flexibility index (Phi) is 3.29. The van der Waals surface area contributed by atoms with E-state index in [0.29, 0.717) is 5.69 Å². The van der Waals surface area contributed by atoms with E-state index in [1.165, 1.54) is 11.0 Å². The van der Waals surface area contributed by atoms with Gasteiger partial charge in [0.25, 0.3) is 0 Å². The highest BCUT2D eigenvalue weighted by molar-refractivity contribution is 5.76. The first-order chi connectivity index (χ1) is 8.85. The Morgan fingerprint density at radius 1 is 1.21 bits per heavy atom. The highest BCUT2D eigenvalue weighted by Crippen LogP contribution is 2.16. The van der Waals surface area contributed by atoms with Crippen LogP contribution in [0.3, 0.4) is 0 Å². The Morgan fingerprint density at radius 3 is 2.58 bits per heavy atom. The Hall–Kier alpha value is -2.30. The molecule has 0 aliphatic carbocycles. The largest absolute Gasteiger partial charge is 0.443 e. The lowest BCUT2D eigenvalue weighted by atomic mass is 10.2. The van der Waals surface area contributed by atoms with Gasteiger partial charge in [0.15, 0.2) is 0 Å². The van der Waals surface area contributed by atoms with Gasteiger partial charge in [-0.25, -0.2) is 4.79 Å². The molecule has 0 fully saturated rings. The zero-order chi connectivity index (χ0) is 14.0. The summed E-state index contributed by atoms with van der Waals surface area (Å²) in [6.07, 6.45) is 6.12. The van der Waals surface area contributed by atoms with Crippen molar-refractivity contribution in [3.63, 3.8) is 0 Å². The van der Waals surface area contributed by atoms with E-state index < -0.39 is 11.7 Å². The van der Waals surface area contributed by atoms with Crippen LogP contribution in [0.2, 0.25) is 0 Å². The number of aromatic amines is 1. The molecular formula is C14H16N2O3. The maximum Gasteiger partial charge on any atom is 0.418 e. The Balaban J connectivity index is 2.24. The monoisotopic (exact) mass is 260 g/mol. The molecule has 5 nitrogen and oxygen atoms in total. The van der Waals surface area contributed by atoms with Crippen LogP contribution >= 0.6 is 0 Å². The molecule has 1 aromatic heterocycles. The summed E-state index contributed by atoms with van der Waals surface area (Å²) in [5.74, 6) is 0. The number of amides is 1. The Morgan fingerprint density at radius 2 is 1.89 bits per heavy atom. The minimum atomic E-state index is -0.549. The summed E-state index contributed by atoms with van der Waals surface area (Å²) >= 11 is 0. The van der Waals surface area contributed by atoms with Crippen molar-refractivity contribution in [3.05, 3.63) is 46.1 Å². The van der Waals surface area contributed by atoms with Crippen LogP contribution < -0.4 is 5.56 Å². The molecule has 0 spiro atoms. The number of aromatic nitrogens is 1. The van der Waals surface area contributed by atoms with E-state index in [1.54, 1.807) is 30.6 Å². The molecule has 0 unspecified atom stereocenters. The van der Waals surface area contributed by atoms with Crippen LogP contribution in [-0.4, -0.2) is 21.6 Å². The third-order valence-electron chi connectivity index (χ3n) is 2.40. The molecule has 1 aliphatic heterocycles. The summed E-state index contributed by atoms with van der Waals surface area (Å²) < 4.78 is 5.27. The fourth-order valence-electron chi connectivity index (χ4n) is 1.59. The highest BCUT2D eigenvalue weighted by Gasteiger charge is 2.20. The van der Waals surface area contributed by atoms with Gasteiger partial charge in [-0.05, 0) is 44.6 Å². The van der Waals surface area contributed by atoms with Crippen molar-refractivity contribution in [3.8, 4) is 0 Å². The first kappa shape index (κ1) is 13.1. The van der Waals surface area contributed by atoms with Crippen molar-refractivity contribution in [2.24, 2.45) is 0 Å². The van der Waals surface area contributed by atoms with Crippen molar-refractivity contribution in [2.45, 2.75) is 26.4 Å². The van der Waals surface area contributed by atoms with E-state index in [-0.39, 0.29) is 5.56 Å². The second-order valence-corrected chi connectivity index (χ2v) is 5.21. The molecule has 1 N–H and O–H groups in total. The lowest BCUT2D eigenvalue weighted by molar-refractivity contribution is 0.0402. The minimum absolute atomic E-state index is 0.178. The molecule has 1 aliphatic rings. The van der Waals surface area contributed by atoms with Crippen LogP contribution in [0.25, 0.3) is 12.2 Å². The summed E-state index contributed by atoms with van der Waals surface area (Å²) in [6, 6.07) is 3.15. The minimum Gasteiger partial charge on any atom is -0.443 e. The van der Waals surface area contributed by atoms with Crippen LogP contribution in [0.15, 0.2) is 29.3 Å². The van der Waals surface area contributed by atoms with Gasteiger partial charge in [0.05, 0.1) is 0 Å². The van der Waals surface area contributed by atoms with Gasteiger partial charge in [-0.1, -0.05) is 0 Å². The summed E-state index contributed by atoms with van der Waals surface area (Å²) in [7, 11) is 0. The molecular weight excluding hydrogens is 244 g/mol. The first-order valence-electron chi connectivity index (χ1n) is 5.96. The van der Waals surface area contributed by atoms with Gasteiger partial charge in [0.2, 0.25) is 5.56 Å². The normalized spacial score (nSPS) is 13.9. The number of carbonyl (C=O) groups is 1. The quantitative estimate of drug-likeness (QED) is 0.779. The maximum absolute atomic E-state index is 11.9. The third kappa shape index (κ3) is 3.34. The van der Waals surface area contributed by atoms with Crippen LogP contribution in [0.4, 0.5) is 4.79 Å². The van der Waals surface area contributed by atoms with Crippen molar-refractivity contribution < 1.29 is 9.53 Å². The summed E-state index contributed by atoms with van der Waals surface area (Å²) in [4.78, 5) is 27.2. The van der Waals surface area contributed by atoms with E-state index >= 15 is 0 Å². The van der Waals surface area contributed by atoms with Crippen molar-refractivity contribution in [1.82, 2.24) is 9.88 Å². The molecule has 19 heavy (non-hydrogen) atoms. The highest BCUT2D eigenvalue weighted by atomic mass is 16.6. The second-order valence-electron chi connectivity index (χ2n) is 5.21. The van der Waals surface area contributed by atoms with Crippen LogP contribution in [-0.2, 0) is 4.74 Å². The second kappa shape index (κ2) is 4.76. The van der Waals surface area contributed by atoms with Crippen molar-refractivity contribution >= 4 is 18.2 Å². The third-order valence-corrected chi connectivity index (χ3v) is 2.40. The molecule has 0 radical (unpaired) electrons.